The van der Waals surface area contributed by atoms with Gasteiger partial charge in [-0.05, 0) is 30.7 Å². The van der Waals surface area contributed by atoms with E-state index in [-0.39, 0.29) is 12.6 Å². The Hall–Kier alpha value is -0.0900. The van der Waals surface area contributed by atoms with E-state index < -0.39 is 0 Å². The highest BCUT2D eigenvalue weighted by atomic mass is 79.9. The molecule has 1 unspecified atom stereocenters. The summed E-state index contributed by atoms with van der Waals surface area (Å²) < 4.78 is 1.01. The molecule has 0 aromatic heterocycles. The second-order valence-corrected chi connectivity index (χ2v) is 4.52. The SMILES string of the molecule is CC(CO)NCc1cc(Br)ccc1Cl. The largest absolute Gasteiger partial charge is 0.395 e. The fourth-order valence-corrected chi connectivity index (χ4v) is 1.62. The number of aliphatic hydroxyl groups excluding tert-OH is 1. The Bertz CT molecular complexity index is 306. The van der Waals surface area contributed by atoms with Crippen LogP contribution in [0.2, 0.25) is 5.02 Å². The van der Waals surface area contributed by atoms with Gasteiger partial charge >= 0.3 is 0 Å². The van der Waals surface area contributed by atoms with Gasteiger partial charge in [0.1, 0.15) is 0 Å². The lowest BCUT2D eigenvalue weighted by Crippen LogP contribution is -2.28. The molecule has 2 N–H and O–H groups in total. The number of halogens is 2. The van der Waals surface area contributed by atoms with E-state index in [1.54, 1.807) is 0 Å². The molecule has 4 heteroatoms. The zero-order valence-electron chi connectivity index (χ0n) is 7.93. The third-order valence-corrected chi connectivity index (χ3v) is 2.78. The van der Waals surface area contributed by atoms with E-state index in [1.165, 1.54) is 0 Å². The van der Waals surface area contributed by atoms with Crippen LogP contribution in [0.5, 0.6) is 0 Å². The van der Waals surface area contributed by atoms with Gasteiger partial charge in [0, 0.05) is 22.1 Å². The molecule has 78 valence electrons. The first-order valence-electron chi connectivity index (χ1n) is 4.41. The van der Waals surface area contributed by atoms with Crippen LogP contribution in [0.1, 0.15) is 12.5 Å². The highest BCUT2D eigenvalue weighted by Gasteiger charge is 2.03. The van der Waals surface area contributed by atoms with Crippen LogP contribution in [0.15, 0.2) is 22.7 Å². The lowest BCUT2D eigenvalue weighted by Gasteiger charge is -2.11. The van der Waals surface area contributed by atoms with Crippen LogP contribution in [0.3, 0.4) is 0 Å². The summed E-state index contributed by atoms with van der Waals surface area (Å²) in [6, 6.07) is 5.82. The van der Waals surface area contributed by atoms with Crippen LogP contribution in [-0.2, 0) is 6.54 Å². The Morgan fingerprint density at radius 2 is 2.29 bits per heavy atom. The predicted molar refractivity (Wildman–Crippen MR) is 62.5 cm³/mol. The summed E-state index contributed by atoms with van der Waals surface area (Å²) in [6.07, 6.45) is 0. The molecule has 2 nitrogen and oxygen atoms in total. The van der Waals surface area contributed by atoms with Crippen LogP contribution >= 0.6 is 27.5 Å². The van der Waals surface area contributed by atoms with Gasteiger partial charge in [0.15, 0.2) is 0 Å². The molecule has 0 aliphatic heterocycles. The smallest absolute Gasteiger partial charge is 0.0582 e. The van der Waals surface area contributed by atoms with Gasteiger partial charge in [-0.3, -0.25) is 0 Å². The van der Waals surface area contributed by atoms with E-state index in [0.717, 1.165) is 15.1 Å². The van der Waals surface area contributed by atoms with Gasteiger partial charge in [0.05, 0.1) is 6.61 Å². The van der Waals surface area contributed by atoms with Crippen molar-refractivity contribution in [3.63, 3.8) is 0 Å². The summed E-state index contributed by atoms with van der Waals surface area (Å²) in [6.45, 7) is 2.72. The predicted octanol–water partition coefficient (Wildman–Crippen LogP) is 2.57. The number of nitrogens with one attached hydrogen (secondary N) is 1. The van der Waals surface area contributed by atoms with Crippen molar-refractivity contribution in [3.8, 4) is 0 Å². The maximum absolute atomic E-state index is 8.83. The molecule has 1 atom stereocenters. The van der Waals surface area contributed by atoms with Gasteiger partial charge in [-0.2, -0.15) is 0 Å². The van der Waals surface area contributed by atoms with Crippen molar-refractivity contribution < 1.29 is 5.11 Å². The normalized spacial score (nSPS) is 12.9. The van der Waals surface area contributed by atoms with E-state index in [9.17, 15) is 0 Å². The van der Waals surface area contributed by atoms with Crippen LogP contribution in [0.25, 0.3) is 0 Å². The molecule has 1 rings (SSSR count). The Morgan fingerprint density at radius 1 is 1.57 bits per heavy atom. The van der Waals surface area contributed by atoms with Crippen molar-refractivity contribution in [1.82, 2.24) is 5.32 Å². The molecule has 0 saturated carbocycles. The minimum absolute atomic E-state index is 0.0880. The van der Waals surface area contributed by atoms with Gasteiger partial charge in [-0.1, -0.05) is 27.5 Å². The van der Waals surface area contributed by atoms with Crippen molar-refractivity contribution in [3.05, 3.63) is 33.3 Å². The Kier molecular flexibility index (Phi) is 4.89. The molecule has 0 fully saturated rings. The number of hydrogen-bond acceptors (Lipinski definition) is 2. The zero-order valence-corrected chi connectivity index (χ0v) is 10.3. The second-order valence-electron chi connectivity index (χ2n) is 3.20. The van der Waals surface area contributed by atoms with Crippen molar-refractivity contribution in [1.29, 1.82) is 0 Å². The molecule has 0 aliphatic carbocycles. The van der Waals surface area contributed by atoms with E-state index in [2.05, 4.69) is 21.2 Å². The summed E-state index contributed by atoms with van der Waals surface area (Å²) in [5.74, 6) is 0. The summed E-state index contributed by atoms with van der Waals surface area (Å²) in [5, 5.41) is 12.7. The fraction of sp³-hybridized carbons (Fsp3) is 0.400. The average Bonchev–Trinajstić information content (AvgIpc) is 2.19. The van der Waals surface area contributed by atoms with Crippen molar-refractivity contribution in [2.45, 2.75) is 19.5 Å². The third-order valence-electron chi connectivity index (χ3n) is 1.92. The number of benzene rings is 1. The van der Waals surface area contributed by atoms with E-state index in [4.69, 9.17) is 16.7 Å². The lowest BCUT2D eigenvalue weighted by molar-refractivity contribution is 0.251. The first-order valence-corrected chi connectivity index (χ1v) is 5.58. The molecule has 1 aromatic rings. The van der Waals surface area contributed by atoms with E-state index in [1.807, 2.05) is 25.1 Å². The van der Waals surface area contributed by atoms with Crippen LogP contribution < -0.4 is 5.32 Å². The standard InChI is InChI=1S/C10H13BrClNO/c1-7(6-14)13-5-8-4-9(11)2-3-10(8)12/h2-4,7,13-14H,5-6H2,1H3. The van der Waals surface area contributed by atoms with E-state index in [0.29, 0.717) is 6.54 Å². The molecule has 1 aromatic carbocycles. The molecule has 0 amide bonds. The van der Waals surface area contributed by atoms with Crippen molar-refractivity contribution in [2.75, 3.05) is 6.61 Å². The lowest BCUT2D eigenvalue weighted by atomic mass is 10.2. The molecule has 0 spiro atoms. The monoisotopic (exact) mass is 277 g/mol. The summed E-state index contributed by atoms with van der Waals surface area (Å²) in [5.41, 5.74) is 1.03. The number of aliphatic hydroxyl groups is 1. The van der Waals surface area contributed by atoms with Gasteiger partial charge < -0.3 is 10.4 Å². The summed E-state index contributed by atoms with van der Waals surface area (Å²) >= 11 is 9.38. The molecule has 0 saturated heterocycles. The first-order chi connectivity index (χ1) is 6.63. The molecule has 0 radical (unpaired) electrons. The summed E-state index contributed by atoms with van der Waals surface area (Å²) in [7, 11) is 0. The van der Waals surface area contributed by atoms with Crippen LogP contribution in [0, 0.1) is 0 Å². The topological polar surface area (TPSA) is 32.3 Å². The van der Waals surface area contributed by atoms with Crippen molar-refractivity contribution >= 4 is 27.5 Å². The maximum atomic E-state index is 8.83. The highest BCUT2D eigenvalue weighted by molar-refractivity contribution is 9.10. The highest BCUT2D eigenvalue weighted by Crippen LogP contribution is 2.20. The Labute approximate surface area is 97.4 Å². The van der Waals surface area contributed by atoms with Crippen molar-refractivity contribution in [2.24, 2.45) is 0 Å². The van der Waals surface area contributed by atoms with Gasteiger partial charge in [0.25, 0.3) is 0 Å². The van der Waals surface area contributed by atoms with Gasteiger partial charge in [-0.15, -0.1) is 0 Å². The number of rotatable bonds is 4. The average molecular weight is 279 g/mol. The maximum Gasteiger partial charge on any atom is 0.0582 e. The van der Waals surface area contributed by atoms with Gasteiger partial charge in [0.2, 0.25) is 0 Å². The zero-order chi connectivity index (χ0) is 10.6. The summed E-state index contributed by atoms with van der Waals surface area (Å²) in [4.78, 5) is 0. The Balaban J connectivity index is 2.62. The quantitative estimate of drug-likeness (QED) is 0.887. The minimum Gasteiger partial charge on any atom is -0.395 e. The molecule has 0 bridgehead atoms. The number of hydrogen-bond donors (Lipinski definition) is 2. The van der Waals surface area contributed by atoms with Gasteiger partial charge in [-0.25, -0.2) is 0 Å². The second kappa shape index (κ2) is 5.71. The fourth-order valence-electron chi connectivity index (χ4n) is 1.03. The molecule has 0 heterocycles. The molecule has 14 heavy (non-hydrogen) atoms. The Morgan fingerprint density at radius 3 is 2.93 bits per heavy atom. The van der Waals surface area contributed by atoms with E-state index >= 15 is 0 Å². The van der Waals surface area contributed by atoms with Crippen LogP contribution in [-0.4, -0.2) is 17.8 Å². The minimum atomic E-state index is 0.0880. The molecular weight excluding hydrogens is 265 g/mol. The van der Waals surface area contributed by atoms with Crippen LogP contribution in [0.4, 0.5) is 0 Å². The first kappa shape index (κ1) is 12.0. The molecule has 0 aliphatic rings. The third kappa shape index (κ3) is 3.58. The molecular formula is C10H13BrClNO.